The van der Waals surface area contributed by atoms with E-state index >= 15 is 0 Å². The molecular weight excluding hydrogens is 266 g/mol. The second-order valence-corrected chi connectivity index (χ2v) is 3.99. The monoisotopic (exact) mass is 275 g/mol. The van der Waals surface area contributed by atoms with Crippen molar-refractivity contribution in [1.29, 1.82) is 0 Å². The summed E-state index contributed by atoms with van der Waals surface area (Å²) >= 11 is 0. The van der Waals surface area contributed by atoms with Crippen LogP contribution in [0.2, 0.25) is 0 Å². The van der Waals surface area contributed by atoms with Crippen molar-refractivity contribution in [3.63, 3.8) is 0 Å². The quantitative estimate of drug-likeness (QED) is 0.477. The maximum Gasteiger partial charge on any atom is 0.412 e. The molecule has 0 saturated carbocycles. The first-order chi connectivity index (χ1) is 8.22. The molecule has 2 aromatic rings. The van der Waals surface area contributed by atoms with Gasteiger partial charge in [-0.1, -0.05) is 11.1 Å². The van der Waals surface area contributed by atoms with Crippen LogP contribution >= 0.6 is 0 Å². The predicted octanol–water partition coefficient (Wildman–Crippen LogP) is -4.63. The van der Waals surface area contributed by atoms with Gasteiger partial charge in [-0.3, -0.25) is 0 Å². The second kappa shape index (κ2) is 5.33. The molecule has 0 bridgehead atoms. The van der Waals surface area contributed by atoms with Crippen LogP contribution in [-0.4, -0.2) is 19.9 Å². The SMILES string of the molecule is C=C[n+]1nnn2c(C)cc(C)nc21.[O-][Cl+3]([O-])([O-])[O-]. The number of hydrogen-bond donors (Lipinski definition) is 0. The van der Waals surface area contributed by atoms with E-state index in [0.717, 1.165) is 11.4 Å². The molecule has 2 aromatic heterocycles. The van der Waals surface area contributed by atoms with E-state index in [4.69, 9.17) is 18.6 Å². The number of nitrogens with zero attached hydrogens (tertiary/aromatic N) is 5. The fourth-order valence-electron chi connectivity index (χ4n) is 1.26. The summed E-state index contributed by atoms with van der Waals surface area (Å²) in [4.78, 5) is 4.30. The lowest BCUT2D eigenvalue weighted by molar-refractivity contribution is -2.00. The summed E-state index contributed by atoms with van der Waals surface area (Å²) in [6.45, 7) is 7.52. The number of aromatic nitrogens is 5. The van der Waals surface area contributed by atoms with Gasteiger partial charge in [0.05, 0.1) is 11.4 Å². The van der Waals surface area contributed by atoms with E-state index in [1.165, 1.54) is 0 Å². The molecule has 2 rings (SSSR count). The summed E-state index contributed by atoms with van der Waals surface area (Å²) in [6.07, 6.45) is 1.58. The van der Waals surface area contributed by atoms with Crippen LogP contribution in [0.1, 0.15) is 11.4 Å². The zero-order valence-electron chi connectivity index (χ0n) is 9.61. The third kappa shape index (κ3) is 3.98. The molecule has 0 aromatic carbocycles. The van der Waals surface area contributed by atoms with Gasteiger partial charge in [-0.05, 0) is 13.8 Å². The highest BCUT2D eigenvalue weighted by atomic mass is 35.7. The molecule has 0 atom stereocenters. The smallest absolute Gasteiger partial charge is 0.222 e. The summed E-state index contributed by atoms with van der Waals surface area (Å²) in [7, 11) is -4.94. The van der Waals surface area contributed by atoms with Crippen molar-refractivity contribution >= 4 is 12.0 Å². The maximum atomic E-state index is 8.49. The topological polar surface area (TPSA) is 139 Å². The number of rotatable bonds is 1. The molecule has 0 unspecified atom stereocenters. The van der Waals surface area contributed by atoms with Crippen LogP contribution in [0.15, 0.2) is 12.6 Å². The lowest BCUT2D eigenvalue weighted by Gasteiger charge is -2.17. The molecular formula is C8H10ClN5O4. The molecule has 0 aliphatic carbocycles. The third-order valence-corrected chi connectivity index (χ3v) is 1.82. The Hall–Kier alpha value is -1.65. The third-order valence-electron chi connectivity index (χ3n) is 1.82. The largest absolute Gasteiger partial charge is 0.412 e. The van der Waals surface area contributed by atoms with Crippen molar-refractivity contribution in [2.75, 3.05) is 0 Å². The second-order valence-electron chi connectivity index (χ2n) is 3.23. The number of aryl methyl sites for hydroxylation is 2. The first kappa shape index (κ1) is 14.4. The van der Waals surface area contributed by atoms with Crippen LogP contribution in [-0.2, 0) is 0 Å². The standard InChI is InChI=1S/C8H10N5.ClHO4/c1-4-12-8-9-6(2)5-7(3)13(8)11-10-12;2-1(3,4)5/h4-5H,1H2,2-3H3;(H,2,3,4,5)/q+1;/p-1. The van der Waals surface area contributed by atoms with Crippen LogP contribution in [0.4, 0.5) is 0 Å². The van der Waals surface area contributed by atoms with E-state index in [1.807, 2.05) is 19.9 Å². The van der Waals surface area contributed by atoms with E-state index in [9.17, 15) is 0 Å². The Kier molecular flexibility index (Phi) is 4.27. The van der Waals surface area contributed by atoms with Crippen molar-refractivity contribution in [3.05, 3.63) is 24.0 Å². The van der Waals surface area contributed by atoms with E-state index in [2.05, 4.69) is 22.0 Å². The summed E-state index contributed by atoms with van der Waals surface area (Å²) in [5, 5.41) is 7.79. The van der Waals surface area contributed by atoms with Gasteiger partial charge in [-0.15, -0.1) is 19.9 Å². The lowest BCUT2D eigenvalue weighted by Crippen LogP contribution is -2.68. The molecule has 0 aliphatic rings. The van der Waals surface area contributed by atoms with E-state index < -0.39 is 10.2 Å². The number of halogens is 1. The van der Waals surface area contributed by atoms with Crippen LogP contribution in [0, 0.1) is 24.1 Å². The molecule has 10 heteroatoms. The predicted molar refractivity (Wildman–Crippen MR) is 46.8 cm³/mol. The lowest BCUT2D eigenvalue weighted by atomic mass is 10.4. The Bertz CT molecular complexity index is 558. The van der Waals surface area contributed by atoms with Crippen molar-refractivity contribution < 1.29 is 33.6 Å². The Balaban J connectivity index is 0.000000280. The van der Waals surface area contributed by atoms with Gasteiger partial charge < -0.3 is 0 Å². The maximum absolute atomic E-state index is 8.49. The molecule has 0 spiro atoms. The molecule has 0 aliphatic heterocycles. The highest BCUT2D eigenvalue weighted by molar-refractivity contribution is 5.25. The van der Waals surface area contributed by atoms with Crippen LogP contribution in [0.3, 0.4) is 0 Å². The molecule has 18 heavy (non-hydrogen) atoms. The van der Waals surface area contributed by atoms with Gasteiger partial charge in [0.1, 0.15) is 16.6 Å². The molecule has 0 saturated heterocycles. The zero-order valence-corrected chi connectivity index (χ0v) is 10.4. The van der Waals surface area contributed by atoms with Crippen molar-refractivity contribution in [3.8, 4) is 0 Å². The fraction of sp³-hybridized carbons (Fsp3) is 0.250. The molecule has 0 fully saturated rings. The van der Waals surface area contributed by atoms with Gasteiger partial charge in [0.15, 0.2) is 0 Å². The van der Waals surface area contributed by atoms with E-state index in [-0.39, 0.29) is 0 Å². The highest BCUT2D eigenvalue weighted by Gasteiger charge is 2.14. The van der Waals surface area contributed by atoms with Gasteiger partial charge in [0.25, 0.3) is 0 Å². The molecule has 98 valence electrons. The van der Waals surface area contributed by atoms with Gasteiger partial charge in [-0.2, -0.15) is 0 Å². The average molecular weight is 276 g/mol. The molecule has 2 heterocycles. The minimum atomic E-state index is -4.94. The van der Waals surface area contributed by atoms with Crippen molar-refractivity contribution in [1.82, 2.24) is 19.9 Å². The fourth-order valence-corrected chi connectivity index (χ4v) is 1.26. The van der Waals surface area contributed by atoms with E-state index in [1.54, 1.807) is 15.4 Å². The number of hydrogen-bond acceptors (Lipinski definition) is 7. The van der Waals surface area contributed by atoms with Crippen LogP contribution < -0.4 is 23.3 Å². The zero-order chi connectivity index (χ0) is 13.9. The Morgan fingerprint density at radius 3 is 2.39 bits per heavy atom. The molecule has 9 nitrogen and oxygen atoms in total. The van der Waals surface area contributed by atoms with E-state index in [0.29, 0.717) is 5.78 Å². The van der Waals surface area contributed by atoms with Gasteiger partial charge in [-0.25, -0.2) is 18.6 Å². The van der Waals surface area contributed by atoms with Gasteiger partial charge >= 0.3 is 5.78 Å². The first-order valence-electron chi connectivity index (χ1n) is 4.58. The minimum absolute atomic E-state index is 0.688. The summed E-state index contributed by atoms with van der Waals surface area (Å²) in [6, 6.07) is 1.95. The average Bonchev–Trinajstić information content (AvgIpc) is 2.57. The Morgan fingerprint density at radius 2 is 1.89 bits per heavy atom. The van der Waals surface area contributed by atoms with Crippen LogP contribution in [0.5, 0.6) is 0 Å². The van der Waals surface area contributed by atoms with Crippen molar-refractivity contribution in [2.45, 2.75) is 13.8 Å². The van der Waals surface area contributed by atoms with Gasteiger partial charge in [0.2, 0.25) is 0 Å². The normalized spacial score (nSPS) is 11.0. The summed E-state index contributed by atoms with van der Waals surface area (Å²) in [5.74, 6) is 0.688. The minimum Gasteiger partial charge on any atom is -0.222 e. The Morgan fingerprint density at radius 1 is 1.33 bits per heavy atom. The first-order valence-corrected chi connectivity index (χ1v) is 5.81. The number of tetrazole rings is 1. The molecule has 0 amide bonds. The van der Waals surface area contributed by atoms with Gasteiger partial charge in [0, 0.05) is 6.07 Å². The molecule has 0 radical (unpaired) electrons. The molecule has 0 N–H and O–H groups in total. The highest BCUT2D eigenvalue weighted by Crippen LogP contribution is 2.00. The summed E-state index contributed by atoms with van der Waals surface area (Å²) in [5.41, 5.74) is 1.96. The number of fused-ring (bicyclic) bond motifs is 1. The summed E-state index contributed by atoms with van der Waals surface area (Å²) < 4.78 is 37.2. The van der Waals surface area contributed by atoms with Crippen LogP contribution in [0.25, 0.3) is 12.0 Å². The van der Waals surface area contributed by atoms with Crippen molar-refractivity contribution in [2.24, 2.45) is 0 Å². The Labute approximate surface area is 104 Å².